The molecule has 0 aliphatic rings. The van der Waals surface area contributed by atoms with E-state index < -0.39 is 0 Å². The maximum absolute atomic E-state index is 9.32. The van der Waals surface area contributed by atoms with E-state index in [-0.39, 0.29) is 0 Å². The van der Waals surface area contributed by atoms with Crippen LogP contribution in [-0.2, 0) is 0 Å². The number of aromatic nitrogens is 1. The Hall–Kier alpha value is -2.38. The Morgan fingerprint density at radius 1 is 1.14 bits per heavy atom. The van der Waals surface area contributed by atoms with Gasteiger partial charge in [0.05, 0.1) is 11.1 Å². The molecule has 0 atom stereocenters. The van der Waals surface area contributed by atoms with E-state index in [0.29, 0.717) is 11.4 Å². The van der Waals surface area contributed by atoms with E-state index in [2.05, 4.69) is 32.3 Å². The summed E-state index contributed by atoms with van der Waals surface area (Å²) in [7, 11) is 0. The molecule has 0 aliphatic heterocycles. The largest absolute Gasteiger partial charge is 0.339 e. The number of nitrogens with one attached hydrogen (secondary N) is 1. The molecule has 21 heavy (non-hydrogen) atoms. The molecule has 1 heterocycles. The highest BCUT2D eigenvalue weighted by Gasteiger charge is 2.07. The van der Waals surface area contributed by atoms with Crippen LogP contribution >= 0.6 is 15.9 Å². The smallest absolute Gasteiger partial charge is 0.149 e. The molecule has 1 N–H and O–H groups in total. The first-order valence-corrected chi connectivity index (χ1v) is 7.30. The lowest BCUT2D eigenvalue weighted by Crippen LogP contribution is -1.98. The maximum Gasteiger partial charge on any atom is 0.149 e. The van der Waals surface area contributed by atoms with Crippen LogP contribution < -0.4 is 5.32 Å². The zero-order chi connectivity index (χ0) is 14.8. The minimum atomic E-state index is 0.533. The SMILES string of the molecule is Cc1ccc(Nc2nc3ccccc3cc2C#N)cc1Br. The van der Waals surface area contributed by atoms with Crippen LogP contribution in [0.25, 0.3) is 10.9 Å². The lowest BCUT2D eigenvalue weighted by atomic mass is 10.1. The van der Waals surface area contributed by atoms with Crippen molar-refractivity contribution in [2.24, 2.45) is 0 Å². The molecule has 1 aromatic heterocycles. The van der Waals surface area contributed by atoms with Crippen molar-refractivity contribution in [2.75, 3.05) is 5.32 Å². The fraction of sp³-hybridized carbons (Fsp3) is 0.0588. The van der Waals surface area contributed by atoms with Crippen molar-refractivity contribution in [1.29, 1.82) is 5.26 Å². The number of fused-ring (bicyclic) bond motifs is 1. The number of hydrogen-bond donors (Lipinski definition) is 1. The molecule has 0 saturated carbocycles. The predicted molar refractivity (Wildman–Crippen MR) is 88.6 cm³/mol. The molecule has 0 amide bonds. The number of pyridine rings is 1. The lowest BCUT2D eigenvalue weighted by Gasteiger charge is -2.10. The fourth-order valence-electron chi connectivity index (χ4n) is 2.10. The van der Waals surface area contributed by atoms with Gasteiger partial charge in [0.2, 0.25) is 0 Å². The van der Waals surface area contributed by atoms with Crippen LogP contribution in [0.4, 0.5) is 11.5 Å². The van der Waals surface area contributed by atoms with Gasteiger partial charge in [0, 0.05) is 15.5 Å². The van der Waals surface area contributed by atoms with Gasteiger partial charge in [-0.25, -0.2) is 4.98 Å². The molecule has 3 rings (SSSR count). The minimum Gasteiger partial charge on any atom is -0.339 e. The Balaban J connectivity index is 2.06. The van der Waals surface area contributed by atoms with Crippen molar-refractivity contribution >= 4 is 38.3 Å². The van der Waals surface area contributed by atoms with Crippen LogP contribution in [0.5, 0.6) is 0 Å². The summed E-state index contributed by atoms with van der Waals surface area (Å²) in [5.74, 6) is 0.576. The van der Waals surface area contributed by atoms with Gasteiger partial charge in [-0.3, -0.25) is 0 Å². The molecule has 0 radical (unpaired) electrons. The van der Waals surface area contributed by atoms with Gasteiger partial charge < -0.3 is 5.32 Å². The first-order valence-electron chi connectivity index (χ1n) is 6.50. The van der Waals surface area contributed by atoms with Crippen LogP contribution in [-0.4, -0.2) is 4.98 Å². The number of nitriles is 1. The number of para-hydroxylation sites is 1. The highest BCUT2D eigenvalue weighted by atomic mass is 79.9. The summed E-state index contributed by atoms with van der Waals surface area (Å²) in [5.41, 5.74) is 3.45. The van der Waals surface area contributed by atoms with E-state index in [0.717, 1.165) is 26.6 Å². The van der Waals surface area contributed by atoms with E-state index in [1.165, 1.54) is 0 Å². The van der Waals surface area contributed by atoms with Crippen molar-refractivity contribution in [3.05, 3.63) is 64.1 Å². The summed E-state index contributed by atoms with van der Waals surface area (Å²) >= 11 is 3.51. The minimum absolute atomic E-state index is 0.533. The van der Waals surface area contributed by atoms with Gasteiger partial charge in [-0.05, 0) is 36.8 Å². The predicted octanol–water partition coefficient (Wildman–Crippen LogP) is 4.92. The highest BCUT2D eigenvalue weighted by Crippen LogP contribution is 2.26. The van der Waals surface area contributed by atoms with Crippen LogP contribution in [0.15, 0.2) is 53.0 Å². The van der Waals surface area contributed by atoms with Gasteiger partial charge in [0.25, 0.3) is 0 Å². The van der Waals surface area contributed by atoms with Crippen molar-refractivity contribution in [3.63, 3.8) is 0 Å². The third kappa shape index (κ3) is 2.74. The molecule has 3 aromatic rings. The average Bonchev–Trinajstić information content (AvgIpc) is 2.50. The van der Waals surface area contributed by atoms with E-state index in [1.54, 1.807) is 0 Å². The standard InChI is InChI=1S/C17H12BrN3/c1-11-6-7-14(9-15(11)18)20-17-13(10-19)8-12-4-2-3-5-16(12)21-17/h2-9H,1H3,(H,20,21). The average molecular weight is 338 g/mol. The summed E-state index contributed by atoms with van der Waals surface area (Å²) in [6.07, 6.45) is 0. The van der Waals surface area contributed by atoms with Crippen molar-refractivity contribution < 1.29 is 0 Å². The Morgan fingerprint density at radius 2 is 1.95 bits per heavy atom. The topological polar surface area (TPSA) is 48.7 Å². The maximum atomic E-state index is 9.32. The molecule has 0 fully saturated rings. The van der Waals surface area contributed by atoms with Crippen LogP contribution in [0.1, 0.15) is 11.1 Å². The second-order valence-electron chi connectivity index (χ2n) is 4.78. The van der Waals surface area contributed by atoms with Crippen LogP contribution in [0, 0.1) is 18.3 Å². The number of hydrogen-bond acceptors (Lipinski definition) is 3. The number of nitrogens with zero attached hydrogens (tertiary/aromatic N) is 2. The van der Waals surface area contributed by atoms with Crippen molar-refractivity contribution in [2.45, 2.75) is 6.92 Å². The summed E-state index contributed by atoms with van der Waals surface area (Å²) in [6, 6.07) is 17.8. The lowest BCUT2D eigenvalue weighted by molar-refractivity contribution is 1.33. The van der Waals surface area contributed by atoms with E-state index >= 15 is 0 Å². The second kappa shape index (κ2) is 5.55. The molecular formula is C17H12BrN3. The third-order valence-electron chi connectivity index (χ3n) is 3.28. The van der Waals surface area contributed by atoms with Gasteiger partial charge >= 0.3 is 0 Å². The normalized spacial score (nSPS) is 10.3. The highest BCUT2D eigenvalue weighted by molar-refractivity contribution is 9.10. The Labute approximate surface area is 131 Å². The third-order valence-corrected chi connectivity index (χ3v) is 4.13. The second-order valence-corrected chi connectivity index (χ2v) is 5.63. The van der Waals surface area contributed by atoms with Crippen LogP contribution in [0.3, 0.4) is 0 Å². The number of aryl methyl sites for hydroxylation is 1. The van der Waals surface area contributed by atoms with E-state index in [9.17, 15) is 5.26 Å². The molecule has 4 heteroatoms. The summed E-state index contributed by atoms with van der Waals surface area (Å²) in [5, 5.41) is 13.5. The first-order chi connectivity index (χ1) is 10.2. The van der Waals surface area contributed by atoms with Gasteiger partial charge in [-0.2, -0.15) is 5.26 Å². The van der Waals surface area contributed by atoms with E-state index in [1.807, 2.05) is 55.5 Å². The van der Waals surface area contributed by atoms with Gasteiger partial charge in [-0.1, -0.05) is 40.2 Å². The van der Waals surface area contributed by atoms with Crippen molar-refractivity contribution in [1.82, 2.24) is 4.98 Å². The quantitative estimate of drug-likeness (QED) is 0.721. The van der Waals surface area contributed by atoms with E-state index in [4.69, 9.17) is 0 Å². The van der Waals surface area contributed by atoms with Gasteiger partial charge in [-0.15, -0.1) is 0 Å². The summed E-state index contributed by atoms with van der Waals surface area (Å²) in [6.45, 7) is 2.03. The summed E-state index contributed by atoms with van der Waals surface area (Å²) < 4.78 is 1.02. The zero-order valence-electron chi connectivity index (χ0n) is 11.4. The molecule has 3 nitrogen and oxygen atoms in total. The number of anilines is 2. The Bertz CT molecular complexity index is 866. The van der Waals surface area contributed by atoms with Crippen molar-refractivity contribution in [3.8, 4) is 6.07 Å². The zero-order valence-corrected chi connectivity index (χ0v) is 13.0. The molecule has 2 aromatic carbocycles. The fourth-order valence-corrected chi connectivity index (χ4v) is 2.48. The van der Waals surface area contributed by atoms with Crippen LogP contribution in [0.2, 0.25) is 0 Å². The molecule has 0 aliphatic carbocycles. The Morgan fingerprint density at radius 3 is 2.71 bits per heavy atom. The number of halogens is 1. The first kappa shape index (κ1) is 13.6. The summed E-state index contributed by atoms with van der Waals surface area (Å²) in [4.78, 5) is 4.54. The molecular weight excluding hydrogens is 326 g/mol. The molecule has 0 spiro atoms. The van der Waals surface area contributed by atoms with Gasteiger partial charge in [0.1, 0.15) is 11.9 Å². The monoisotopic (exact) mass is 337 g/mol. The molecule has 0 unspecified atom stereocenters. The molecule has 0 saturated heterocycles. The van der Waals surface area contributed by atoms with Gasteiger partial charge in [0.15, 0.2) is 0 Å². The Kier molecular flexibility index (Phi) is 3.59. The number of rotatable bonds is 2. The molecule has 0 bridgehead atoms. The number of benzene rings is 2. The molecule has 102 valence electrons.